The first-order valence-corrected chi connectivity index (χ1v) is 47.2. The number of hydrogen-bond acceptors (Lipinski definition) is 0. The number of fused-ring (bicyclic) bond motifs is 4. The van der Waals surface area contributed by atoms with Gasteiger partial charge in [-0.25, -0.2) is 0 Å². The van der Waals surface area contributed by atoms with E-state index in [-0.39, 0.29) is 35.7 Å². The summed E-state index contributed by atoms with van der Waals surface area (Å²) in [7, 11) is 0. The van der Waals surface area contributed by atoms with Crippen molar-refractivity contribution < 1.29 is 71.5 Å². The molecule has 0 heterocycles. The Balaban J connectivity index is 0.000000152. The molecule has 16 aromatic carbocycles. The summed E-state index contributed by atoms with van der Waals surface area (Å²) >= 11 is 3.48. The molecule has 102 heavy (non-hydrogen) atoms. The molecule has 0 unspecified atom stereocenters. The van der Waals surface area contributed by atoms with Crippen LogP contribution in [-0.4, -0.2) is 10.9 Å². The maximum Gasteiger partial charge on any atom is -0.00258 e. The van der Waals surface area contributed by atoms with Gasteiger partial charge in [-0.15, -0.1) is 138 Å². The Hall–Kier alpha value is -8.14. The van der Waals surface area contributed by atoms with Gasteiger partial charge in [0, 0.05) is 0 Å². The molecule has 0 aliphatic heterocycles. The van der Waals surface area contributed by atoms with E-state index in [9.17, 15) is 0 Å². The molecule has 0 atom stereocenters. The molecule has 504 valence electrons. The van der Waals surface area contributed by atoms with Crippen molar-refractivity contribution in [2.75, 3.05) is 0 Å². The van der Waals surface area contributed by atoms with Gasteiger partial charge in [0.05, 0.1) is 0 Å². The molecule has 0 aromatic heterocycles. The average Bonchev–Trinajstić information content (AvgIpc) is 1.60. The molecule has 0 saturated carbocycles. The van der Waals surface area contributed by atoms with Gasteiger partial charge in [-0.2, -0.15) is 24.3 Å². The molecule has 0 nitrogen and oxygen atoms in total. The third-order valence-corrected chi connectivity index (χ3v) is 17.6. The normalized spacial score (nSPS) is 10.5. The molecule has 0 radical (unpaired) electrons. The van der Waals surface area contributed by atoms with Crippen LogP contribution >= 0.6 is 0 Å². The van der Waals surface area contributed by atoms with Gasteiger partial charge < -0.3 is 24.8 Å². The zero-order valence-electron chi connectivity index (χ0n) is 59.9. The fraction of sp³-hybridized carbons (Fsp3) is 0.125. The molecule has 0 bridgehead atoms. The Kier molecular flexibility index (Phi) is 29.8. The Bertz CT molecular complexity index is 4590. The number of aryl methyl sites for hydroxylation is 4. The molecule has 6 heteroatoms. The van der Waals surface area contributed by atoms with Crippen molar-refractivity contribution in [1.29, 1.82) is 0 Å². The van der Waals surface area contributed by atoms with Gasteiger partial charge in [0.15, 0.2) is 0 Å². The minimum Gasteiger partial charge on any atom is -1.00 e. The van der Waals surface area contributed by atoms with Gasteiger partial charge in [0.2, 0.25) is 0 Å². The summed E-state index contributed by atoms with van der Waals surface area (Å²) in [6, 6.07) is 123. The third-order valence-electron chi connectivity index (χ3n) is 17.6. The van der Waals surface area contributed by atoms with Crippen molar-refractivity contribution in [2.24, 2.45) is 0 Å². The Morgan fingerprint density at radius 3 is 0.569 bits per heavy atom. The van der Waals surface area contributed by atoms with Crippen LogP contribution in [0, 0.1) is 27.7 Å². The third kappa shape index (κ3) is 22.4. The Morgan fingerprint density at radius 1 is 0.225 bits per heavy atom. The van der Waals surface area contributed by atoms with E-state index in [1.807, 2.05) is 0 Å². The van der Waals surface area contributed by atoms with E-state index in [0.717, 1.165) is 25.7 Å². The van der Waals surface area contributed by atoms with Crippen LogP contribution in [0.3, 0.4) is 0 Å². The standard InChI is InChI=1S/4C23H19.2C2H6Si.2ClH.2Zr/c4*1-17-14-21-8-5-9-22(23(21)15-17)20-12-10-19(11-13-20)16-18-6-3-2-4-7-18;2*1-3-2;;;;/h4*2-15H,16H2,1H3;2*1-2H3;2*1H;;/q4*-1;;;;;2*+2/p-2. The first kappa shape index (κ1) is 78.0. The van der Waals surface area contributed by atoms with E-state index in [1.165, 1.54) is 154 Å². The molecule has 0 N–H and O–H groups in total. The van der Waals surface area contributed by atoms with Crippen LogP contribution in [0.25, 0.3) is 87.6 Å². The van der Waals surface area contributed by atoms with E-state index in [4.69, 9.17) is 0 Å². The number of benzene rings is 12. The van der Waals surface area contributed by atoms with Crippen LogP contribution < -0.4 is 24.8 Å². The average molecular weight is 1550 g/mol. The fourth-order valence-corrected chi connectivity index (χ4v) is 13.1. The van der Waals surface area contributed by atoms with Crippen molar-refractivity contribution in [2.45, 2.75) is 79.6 Å². The van der Waals surface area contributed by atoms with Gasteiger partial charge in [0.25, 0.3) is 0 Å². The zero-order valence-corrected chi connectivity index (χ0v) is 68.3. The Labute approximate surface area is 649 Å². The molecule has 0 aliphatic carbocycles. The minimum atomic E-state index is 0. The van der Waals surface area contributed by atoms with Crippen LogP contribution in [0.4, 0.5) is 0 Å². The zero-order chi connectivity index (χ0) is 69.7. The van der Waals surface area contributed by atoms with E-state index >= 15 is 0 Å². The second-order valence-corrected chi connectivity index (χ2v) is 45.6. The van der Waals surface area contributed by atoms with Crippen LogP contribution in [0.15, 0.2) is 340 Å². The van der Waals surface area contributed by atoms with Crippen LogP contribution in [-0.2, 0) is 72.4 Å². The van der Waals surface area contributed by atoms with Crippen molar-refractivity contribution >= 4 is 54.0 Å². The molecule has 16 aromatic rings. The molecular formula is C96H88Cl2Si2Zr2-2. The quantitative estimate of drug-likeness (QED) is 0.0845. The first-order valence-electron chi connectivity index (χ1n) is 34.9. The van der Waals surface area contributed by atoms with E-state index in [0.29, 0.717) is 0 Å². The summed E-state index contributed by atoms with van der Waals surface area (Å²) in [6.07, 6.45) is 3.95. The predicted octanol–water partition coefficient (Wildman–Crippen LogP) is 20.1. The van der Waals surface area contributed by atoms with E-state index in [2.05, 4.69) is 394 Å². The largest absolute Gasteiger partial charge is 1.00 e. The molecule has 0 saturated heterocycles. The fourth-order valence-electron chi connectivity index (χ4n) is 13.1. The summed E-state index contributed by atoms with van der Waals surface area (Å²) in [5.74, 6) is 0. The monoisotopic (exact) mass is 1550 g/mol. The second-order valence-electron chi connectivity index (χ2n) is 26.8. The van der Waals surface area contributed by atoms with Crippen molar-refractivity contribution in [3.8, 4) is 44.5 Å². The van der Waals surface area contributed by atoms with Gasteiger partial charge in [-0.1, -0.05) is 293 Å². The van der Waals surface area contributed by atoms with Gasteiger partial charge >= 0.3 is 83.7 Å². The molecule has 0 spiro atoms. The van der Waals surface area contributed by atoms with Gasteiger partial charge in [0.1, 0.15) is 0 Å². The van der Waals surface area contributed by atoms with Crippen molar-refractivity contribution in [3.63, 3.8) is 0 Å². The number of hydrogen-bond donors (Lipinski definition) is 0. The molecular weight excluding hydrogens is 1460 g/mol. The summed E-state index contributed by atoms with van der Waals surface area (Å²) in [6.45, 7) is 17.9. The summed E-state index contributed by atoms with van der Waals surface area (Å²) in [5, 5.41) is 10.7. The number of halogens is 2. The Morgan fingerprint density at radius 2 is 0.392 bits per heavy atom. The maximum atomic E-state index is 2.31. The summed E-state index contributed by atoms with van der Waals surface area (Å²) < 4.78 is 0. The first-order chi connectivity index (χ1) is 48.6. The molecule has 0 amide bonds. The van der Waals surface area contributed by atoms with Crippen LogP contribution in [0.5, 0.6) is 0 Å². The summed E-state index contributed by atoms with van der Waals surface area (Å²) in [4.78, 5) is 0. The van der Waals surface area contributed by atoms with E-state index < -0.39 is 0 Å². The van der Waals surface area contributed by atoms with E-state index in [1.54, 1.807) is 46.7 Å². The van der Waals surface area contributed by atoms with Gasteiger partial charge in [-0.3, -0.25) is 0 Å². The van der Waals surface area contributed by atoms with Gasteiger partial charge in [-0.05, 0) is 92.4 Å². The van der Waals surface area contributed by atoms with Crippen LogP contribution in [0.2, 0.25) is 26.2 Å². The predicted molar refractivity (Wildman–Crippen MR) is 431 cm³/mol. The summed E-state index contributed by atoms with van der Waals surface area (Å²) in [5.41, 5.74) is 27.0. The smallest absolute Gasteiger partial charge is 0.00258 e. The topological polar surface area (TPSA) is 0 Å². The molecule has 0 aliphatic rings. The van der Waals surface area contributed by atoms with Crippen molar-refractivity contribution in [1.82, 2.24) is 0 Å². The SMILES string of the molecule is C[Si](C)=[Zr+2].C[Si](C)=[Zr+2].Cc1cc2c(-c3ccc(Cc4ccccc4)cc3)cccc2[cH-]1.Cc1cc2c(-c3ccc(Cc4ccccc4)cc3)cccc2[cH-]1.Cc1cc2c(-c3ccc(Cc4ccccc4)cc3)cccc2[cH-]1.Cc1cc2c(-c3ccc(Cc4ccccc4)cc3)cccc2[cH-]1.[Cl-].[Cl-]. The minimum absolute atomic E-state index is 0. The number of rotatable bonds is 12. The second kappa shape index (κ2) is 38.9. The van der Waals surface area contributed by atoms with Crippen molar-refractivity contribution in [3.05, 3.63) is 406 Å². The maximum absolute atomic E-state index is 2.31. The molecule has 0 fully saturated rings. The van der Waals surface area contributed by atoms with Crippen LogP contribution in [0.1, 0.15) is 66.8 Å². The molecule has 16 rings (SSSR count).